The number of hydrogen-bond acceptors (Lipinski definition) is 7. The number of benzene rings is 2. The Morgan fingerprint density at radius 1 is 1.03 bits per heavy atom. The van der Waals surface area contributed by atoms with E-state index in [0.29, 0.717) is 48.9 Å². The first-order chi connectivity index (χ1) is 16.0. The van der Waals surface area contributed by atoms with Gasteiger partial charge >= 0.3 is 0 Å². The van der Waals surface area contributed by atoms with Gasteiger partial charge in [0.2, 0.25) is 0 Å². The van der Waals surface area contributed by atoms with Gasteiger partial charge < -0.3 is 4.90 Å². The molecule has 5 rings (SSSR count). The van der Waals surface area contributed by atoms with Crippen molar-refractivity contribution in [1.82, 2.24) is 14.7 Å². The van der Waals surface area contributed by atoms with Crippen molar-refractivity contribution >= 4 is 45.1 Å². The van der Waals surface area contributed by atoms with Crippen LogP contribution in [-0.4, -0.2) is 45.8 Å². The van der Waals surface area contributed by atoms with Gasteiger partial charge in [0.1, 0.15) is 11.4 Å². The average Bonchev–Trinajstić information content (AvgIpc) is 3.36. The number of nitro groups is 1. The molecule has 0 N–H and O–H groups in total. The molecule has 0 amide bonds. The molecule has 2 aromatic heterocycles. The van der Waals surface area contributed by atoms with Crippen LogP contribution in [0, 0.1) is 10.1 Å². The zero-order chi connectivity index (χ0) is 22.9. The number of nitrogens with zero attached hydrogens (tertiary/aromatic N) is 5. The molecule has 168 valence electrons. The zero-order valence-corrected chi connectivity index (χ0v) is 19.1. The smallest absolute Gasteiger partial charge is 0.294 e. The van der Waals surface area contributed by atoms with Crippen molar-refractivity contribution < 1.29 is 4.92 Å². The van der Waals surface area contributed by atoms with Gasteiger partial charge in [0.25, 0.3) is 11.2 Å². The SMILES string of the molecule is O=c1c2ccccc2c(-c2cccs2)nn1CN1CCN(c2ccc(Cl)cc2[N+](=O)[O-])CC1. The summed E-state index contributed by atoms with van der Waals surface area (Å²) in [6, 6.07) is 16.3. The van der Waals surface area contributed by atoms with Gasteiger partial charge in [-0.3, -0.25) is 19.8 Å². The molecular formula is C23H20ClN5O3S. The predicted octanol–water partition coefficient (Wildman–Crippen LogP) is 4.47. The van der Waals surface area contributed by atoms with Gasteiger partial charge in [-0.05, 0) is 29.6 Å². The highest BCUT2D eigenvalue weighted by Crippen LogP contribution is 2.32. The van der Waals surface area contributed by atoms with Crippen LogP contribution in [0.3, 0.4) is 0 Å². The van der Waals surface area contributed by atoms with Crippen molar-refractivity contribution in [3.05, 3.63) is 85.5 Å². The van der Waals surface area contributed by atoms with E-state index in [-0.39, 0.29) is 11.2 Å². The number of halogens is 1. The lowest BCUT2D eigenvalue weighted by molar-refractivity contribution is -0.384. The first-order valence-electron chi connectivity index (χ1n) is 10.5. The fraction of sp³-hybridized carbons (Fsp3) is 0.217. The number of rotatable bonds is 5. The average molecular weight is 482 g/mol. The van der Waals surface area contributed by atoms with E-state index in [4.69, 9.17) is 16.7 Å². The van der Waals surface area contributed by atoms with Crippen LogP contribution < -0.4 is 10.5 Å². The Morgan fingerprint density at radius 2 is 1.79 bits per heavy atom. The molecule has 1 aliphatic heterocycles. The molecule has 0 atom stereocenters. The van der Waals surface area contributed by atoms with E-state index in [1.165, 1.54) is 10.7 Å². The van der Waals surface area contributed by atoms with Crippen molar-refractivity contribution in [2.45, 2.75) is 6.67 Å². The van der Waals surface area contributed by atoms with Gasteiger partial charge in [-0.2, -0.15) is 5.10 Å². The Labute approximate surface area is 198 Å². The van der Waals surface area contributed by atoms with Crippen LogP contribution in [0.5, 0.6) is 0 Å². The Bertz CT molecular complexity index is 1380. The number of hydrogen-bond donors (Lipinski definition) is 0. The molecule has 1 fully saturated rings. The van der Waals surface area contributed by atoms with Gasteiger partial charge in [0.05, 0.1) is 21.9 Å². The van der Waals surface area contributed by atoms with E-state index in [0.717, 1.165) is 16.0 Å². The van der Waals surface area contributed by atoms with E-state index < -0.39 is 4.92 Å². The summed E-state index contributed by atoms with van der Waals surface area (Å²) in [4.78, 5) is 29.3. The summed E-state index contributed by atoms with van der Waals surface area (Å²) < 4.78 is 1.53. The summed E-state index contributed by atoms with van der Waals surface area (Å²) in [7, 11) is 0. The Kier molecular flexibility index (Phi) is 5.84. The minimum Gasteiger partial charge on any atom is -0.363 e. The molecule has 10 heteroatoms. The fourth-order valence-electron chi connectivity index (χ4n) is 4.16. The van der Waals surface area contributed by atoms with Crippen molar-refractivity contribution in [2.75, 3.05) is 31.1 Å². The van der Waals surface area contributed by atoms with Gasteiger partial charge in [0.15, 0.2) is 0 Å². The fourth-order valence-corrected chi connectivity index (χ4v) is 5.05. The molecular weight excluding hydrogens is 462 g/mol. The summed E-state index contributed by atoms with van der Waals surface area (Å²) >= 11 is 7.54. The third-order valence-electron chi connectivity index (χ3n) is 5.80. The minimum atomic E-state index is -0.405. The van der Waals surface area contributed by atoms with E-state index in [1.54, 1.807) is 23.5 Å². The van der Waals surface area contributed by atoms with Crippen molar-refractivity contribution in [2.24, 2.45) is 0 Å². The topological polar surface area (TPSA) is 84.5 Å². The lowest BCUT2D eigenvalue weighted by atomic mass is 10.1. The second-order valence-electron chi connectivity index (χ2n) is 7.81. The van der Waals surface area contributed by atoms with E-state index in [2.05, 4.69) is 4.90 Å². The Balaban J connectivity index is 1.39. The van der Waals surface area contributed by atoms with Crippen LogP contribution in [0.4, 0.5) is 11.4 Å². The number of anilines is 1. The van der Waals surface area contributed by atoms with E-state index >= 15 is 0 Å². The molecule has 3 heterocycles. The second-order valence-corrected chi connectivity index (χ2v) is 9.20. The maximum atomic E-state index is 13.1. The highest BCUT2D eigenvalue weighted by Gasteiger charge is 2.25. The molecule has 1 aliphatic rings. The third-order valence-corrected chi connectivity index (χ3v) is 6.92. The maximum absolute atomic E-state index is 13.1. The maximum Gasteiger partial charge on any atom is 0.294 e. The molecule has 0 saturated carbocycles. The standard InChI is InChI=1S/C23H20ClN5O3S/c24-16-7-8-19(20(14-16)29(31)32)27-11-9-26(10-12-27)15-28-23(30)18-5-2-1-4-17(18)22(25-28)21-6-3-13-33-21/h1-8,13-14H,9-12,15H2. The molecule has 0 spiro atoms. The minimum absolute atomic E-state index is 0.00366. The first kappa shape index (κ1) is 21.6. The number of thiophene rings is 1. The van der Waals surface area contributed by atoms with Crippen LogP contribution >= 0.6 is 22.9 Å². The molecule has 33 heavy (non-hydrogen) atoms. The Morgan fingerprint density at radius 3 is 2.48 bits per heavy atom. The van der Waals surface area contributed by atoms with Crippen LogP contribution in [0.1, 0.15) is 0 Å². The molecule has 0 aliphatic carbocycles. The number of aromatic nitrogens is 2. The van der Waals surface area contributed by atoms with E-state index in [9.17, 15) is 14.9 Å². The summed E-state index contributed by atoms with van der Waals surface area (Å²) in [6.07, 6.45) is 0. The molecule has 0 bridgehead atoms. The monoisotopic (exact) mass is 481 g/mol. The van der Waals surface area contributed by atoms with Gasteiger partial charge in [-0.1, -0.05) is 35.9 Å². The van der Waals surface area contributed by atoms with E-state index in [1.807, 2.05) is 46.7 Å². The first-order valence-corrected chi connectivity index (χ1v) is 11.7. The Hall–Kier alpha value is -3.27. The highest BCUT2D eigenvalue weighted by atomic mass is 35.5. The van der Waals surface area contributed by atoms with Crippen LogP contribution in [0.2, 0.25) is 5.02 Å². The van der Waals surface area contributed by atoms with Crippen LogP contribution in [0.15, 0.2) is 64.8 Å². The van der Waals surface area contributed by atoms with Gasteiger partial charge in [-0.15, -0.1) is 11.3 Å². The molecule has 1 saturated heterocycles. The number of fused-ring (bicyclic) bond motifs is 1. The third kappa shape index (κ3) is 4.22. The largest absolute Gasteiger partial charge is 0.363 e. The highest BCUT2D eigenvalue weighted by molar-refractivity contribution is 7.13. The second kappa shape index (κ2) is 8.93. The molecule has 4 aromatic rings. The summed E-state index contributed by atoms with van der Waals surface area (Å²) in [5, 5.41) is 20.0. The van der Waals surface area contributed by atoms with Gasteiger partial charge in [-0.25, -0.2) is 4.68 Å². The van der Waals surface area contributed by atoms with Crippen molar-refractivity contribution in [1.29, 1.82) is 0 Å². The number of piperazine rings is 1. The molecule has 0 radical (unpaired) electrons. The summed E-state index contributed by atoms with van der Waals surface area (Å²) in [6.45, 7) is 2.86. The summed E-state index contributed by atoms with van der Waals surface area (Å²) in [5.41, 5.74) is 1.24. The molecule has 0 unspecified atom stereocenters. The quantitative estimate of drug-likeness (QED) is 0.309. The number of nitro benzene ring substituents is 1. The zero-order valence-electron chi connectivity index (χ0n) is 17.6. The molecule has 2 aromatic carbocycles. The lowest BCUT2D eigenvalue weighted by Crippen LogP contribution is -2.48. The van der Waals surface area contributed by atoms with Crippen LogP contribution in [0.25, 0.3) is 21.3 Å². The van der Waals surface area contributed by atoms with Crippen molar-refractivity contribution in [3.8, 4) is 10.6 Å². The predicted molar refractivity (Wildman–Crippen MR) is 131 cm³/mol. The van der Waals surface area contributed by atoms with Gasteiger partial charge in [0, 0.05) is 42.7 Å². The van der Waals surface area contributed by atoms with Crippen LogP contribution in [-0.2, 0) is 6.67 Å². The summed E-state index contributed by atoms with van der Waals surface area (Å²) in [5.74, 6) is 0. The normalized spacial score (nSPS) is 14.6. The lowest BCUT2D eigenvalue weighted by Gasteiger charge is -2.35. The molecule has 8 nitrogen and oxygen atoms in total. The van der Waals surface area contributed by atoms with Crippen molar-refractivity contribution in [3.63, 3.8) is 0 Å².